The Kier molecular flexibility index (Phi) is 6.74. The van der Waals surface area contributed by atoms with Crippen LogP contribution in [0.15, 0.2) is 47.5 Å². The van der Waals surface area contributed by atoms with Crippen LogP contribution in [0.4, 0.5) is 8.78 Å². The highest BCUT2D eigenvalue weighted by molar-refractivity contribution is 5.79. The normalized spacial score (nSPS) is 12.6. The molecule has 1 atom stereocenters. The number of methoxy groups -OCH3 is 1. The molecular weight excluding hydrogens is 324 g/mol. The van der Waals surface area contributed by atoms with Gasteiger partial charge in [-0.25, -0.2) is 8.78 Å². The maximum atomic E-state index is 13.8. The molecule has 0 aliphatic heterocycles. The SMILES string of the molecule is CN=C(NCc1cccc(OC)c1)NCC(C)c1ccc(F)cc1F. The highest BCUT2D eigenvalue weighted by Crippen LogP contribution is 2.19. The summed E-state index contributed by atoms with van der Waals surface area (Å²) < 4.78 is 32.0. The van der Waals surface area contributed by atoms with Crippen molar-refractivity contribution < 1.29 is 13.5 Å². The van der Waals surface area contributed by atoms with E-state index in [4.69, 9.17) is 4.74 Å². The molecule has 0 radical (unpaired) electrons. The fraction of sp³-hybridized carbons (Fsp3) is 0.316. The quantitative estimate of drug-likeness (QED) is 0.621. The van der Waals surface area contributed by atoms with Gasteiger partial charge in [-0.15, -0.1) is 0 Å². The van der Waals surface area contributed by atoms with Crippen molar-refractivity contribution in [1.82, 2.24) is 10.6 Å². The average Bonchev–Trinajstić information content (AvgIpc) is 2.61. The summed E-state index contributed by atoms with van der Waals surface area (Å²) >= 11 is 0. The van der Waals surface area contributed by atoms with Gasteiger partial charge >= 0.3 is 0 Å². The maximum Gasteiger partial charge on any atom is 0.191 e. The molecule has 2 N–H and O–H groups in total. The Morgan fingerprint density at radius 2 is 1.96 bits per heavy atom. The number of ether oxygens (including phenoxy) is 1. The number of hydrogen-bond acceptors (Lipinski definition) is 2. The van der Waals surface area contributed by atoms with Crippen LogP contribution in [0.5, 0.6) is 5.75 Å². The van der Waals surface area contributed by atoms with Crippen LogP contribution >= 0.6 is 0 Å². The van der Waals surface area contributed by atoms with Gasteiger partial charge in [0.1, 0.15) is 17.4 Å². The van der Waals surface area contributed by atoms with E-state index in [0.29, 0.717) is 24.6 Å². The van der Waals surface area contributed by atoms with Crippen molar-refractivity contribution in [2.75, 3.05) is 20.7 Å². The molecule has 0 saturated heterocycles. The standard InChI is InChI=1S/C19H23F2N3O/c1-13(17-8-7-15(20)10-18(17)21)11-23-19(22-2)24-12-14-5-4-6-16(9-14)25-3/h4-10,13H,11-12H2,1-3H3,(H2,22,23,24). The lowest BCUT2D eigenvalue weighted by atomic mass is 10.0. The molecule has 1 unspecified atom stereocenters. The molecule has 0 aliphatic rings. The minimum absolute atomic E-state index is 0.129. The molecule has 0 aliphatic carbocycles. The molecular formula is C19H23F2N3O. The van der Waals surface area contributed by atoms with Gasteiger partial charge in [-0.1, -0.05) is 25.1 Å². The van der Waals surface area contributed by atoms with Crippen molar-refractivity contribution in [3.05, 3.63) is 65.2 Å². The number of nitrogens with one attached hydrogen (secondary N) is 2. The Hall–Kier alpha value is -2.63. The second-order valence-corrected chi connectivity index (χ2v) is 5.73. The van der Waals surface area contributed by atoms with Gasteiger partial charge in [-0.3, -0.25) is 4.99 Å². The van der Waals surface area contributed by atoms with E-state index < -0.39 is 11.6 Å². The number of benzene rings is 2. The zero-order valence-electron chi connectivity index (χ0n) is 14.6. The molecule has 2 aromatic rings. The van der Waals surface area contributed by atoms with Crippen molar-refractivity contribution in [2.24, 2.45) is 4.99 Å². The zero-order chi connectivity index (χ0) is 18.2. The van der Waals surface area contributed by atoms with Crippen molar-refractivity contribution >= 4 is 5.96 Å². The van der Waals surface area contributed by atoms with Gasteiger partial charge in [0.2, 0.25) is 0 Å². The molecule has 25 heavy (non-hydrogen) atoms. The second-order valence-electron chi connectivity index (χ2n) is 5.73. The van der Waals surface area contributed by atoms with Crippen LogP contribution in [0.25, 0.3) is 0 Å². The first kappa shape index (κ1) is 18.7. The minimum atomic E-state index is -0.572. The summed E-state index contributed by atoms with van der Waals surface area (Å²) in [6, 6.07) is 11.4. The average molecular weight is 347 g/mol. The molecule has 134 valence electrons. The van der Waals surface area contributed by atoms with Crippen molar-refractivity contribution in [2.45, 2.75) is 19.4 Å². The summed E-state index contributed by atoms with van der Waals surface area (Å²) in [6.45, 7) is 2.93. The van der Waals surface area contributed by atoms with E-state index in [1.54, 1.807) is 14.2 Å². The van der Waals surface area contributed by atoms with E-state index in [2.05, 4.69) is 15.6 Å². The first-order valence-corrected chi connectivity index (χ1v) is 8.06. The molecule has 0 heterocycles. The summed E-state index contributed by atoms with van der Waals surface area (Å²) in [6.07, 6.45) is 0. The number of hydrogen-bond donors (Lipinski definition) is 2. The van der Waals surface area contributed by atoms with Crippen LogP contribution in [0.2, 0.25) is 0 Å². The molecule has 0 fully saturated rings. The largest absolute Gasteiger partial charge is 0.497 e. The number of halogens is 2. The van der Waals surface area contributed by atoms with Crippen LogP contribution in [-0.4, -0.2) is 26.7 Å². The van der Waals surface area contributed by atoms with Crippen LogP contribution in [0.3, 0.4) is 0 Å². The summed E-state index contributed by atoms with van der Waals surface area (Å²) in [5.74, 6) is 0.168. The Balaban J connectivity index is 1.89. The molecule has 4 nitrogen and oxygen atoms in total. The lowest BCUT2D eigenvalue weighted by molar-refractivity contribution is 0.414. The summed E-state index contributed by atoms with van der Waals surface area (Å²) in [5, 5.41) is 6.35. The van der Waals surface area contributed by atoms with Crippen molar-refractivity contribution in [3.63, 3.8) is 0 Å². The topological polar surface area (TPSA) is 45.7 Å². The first-order chi connectivity index (χ1) is 12.0. The molecule has 0 aromatic heterocycles. The smallest absolute Gasteiger partial charge is 0.191 e. The lowest BCUT2D eigenvalue weighted by Gasteiger charge is -2.17. The highest BCUT2D eigenvalue weighted by atomic mass is 19.1. The van der Waals surface area contributed by atoms with E-state index in [1.165, 1.54) is 12.1 Å². The Labute approximate surface area is 146 Å². The van der Waals surface area contributed by atoms with Crippen LogP contribution in [0.1, 0.15) is 24.0 Å². The molecule has 0 bridgehead atoms. The van der Waals surface area contributed by atoms with Crippen LogP contribution < -0.4 is 15.4 Å². The molecule has 2 aromatic carbocycles. The van der Waals surface area contributed by atoms with Crippen molar-refractivity contribution in [1.29, 1.82) is 0 Å². The predicted octanol–water partition coefficient (Wildman–Crippen LogP) is 3.44. The molecule has 0 amide bonds. The number of aliphatic imine (C=N–C) groups is 1. The molecule has 0 saturated carbocycles. The maximum absolute atomic E-state index is 13.8. The van der Waals surface area contributed by atoms with Gasteiger partial charge in [-0.05, 0) is 29.3 Å². The van der Waals surface area contributed by atoms with Gasteiger partial charge in [-0.2, -0.15) is 0 Å². The summed E-state index contributed by atoms with van der Waals surface area (Å²) in [4.78, 5) is 4.16. The fourth-order valence-electron chi connectivity index (χ4n) is 2.45. The lowest BCUT2D eigenvalue weighted by Crippen LogP contribution is -2.38. The first-order valence-electron chi connectivity index (χ1n) is 8.06. The van der Waals surface area contributed by atoms with E-state index in [9.17, 15) is 8.78 Å². The zero-order valence-corrected chi connectivity index (χ0v) is 14.6. The van der Waals surface area contributed by atoms with E-state index in [-0.39, 0.29) is 5.92 Å². The third kappa shape index (κ3) is 5.45. The molecule has 0 spiro atoms. The number of rotatable bonds is 6. The fourth-order valence-corrected chi connectivity index (χ4v) is 2.45. The van der Waals surface area contributed by atoms with Crippen LogP contribution in [0, 0.1) is 11.6 Å². The number of guanidine groups is 1. The Morgan fingerprint density at radius 1 is 1.16 bits per heavy atom. The highest BCUT2D eigenvalue weighted by Gasteiger charge is 2.12. The molecule has 6 heteroatoms. The predicted molar refractivity (Wildman–Crippen MR) is 96.0 cm³/mol. The Morgan fingerprint density at radius 3 is 2.64 bits per heavy atom. The summed E-state index contributed by atoms with van der Waals surface area (Å²) in [7, 11) is 3.30. The third-order valence-electron chi connectivity index (χ3n) is 3.89. The van der Waals surface area contributed by atoms with Gasteiger partial charge in [0.05, 0.1) is 7.11 Å². The van der Waals surface area contributed by atoms with Gasteiger partial charge in [0.25, 0.3) is 0 Å². The van der Waals surface area contributed by atoms with Gasteiger partial charge in [0, 0.05) is 32.1 Å². The summed E-state index contributed by atoms with van der Waals surface area (Å²) in [5.41, 5.74) is 1.53. The molecule has 2 rings (SSSR count). The van der Waals surface area contributed by atoms with Crippen LogP contribution in [-0.2, 0) is 6.54 Å². The van der Waals surface area contributed by atoms with E-state index >= 15 is 0 Å². The Bertz CT molecular complexity index is 734. The monoisotopic (exact) mass is 347 g/mol. The third-order valence-corrected chi connectivity index (χ3v) is 3.89. The minimum Gasteiger partial charge on any atom is -0.497 e. The van der Waals surface area contributed by atoms with E-state index in [1.807, 2.05) is 31.2 Å². The van der Waals surface area contributed by atoms with E-state index in [0.717, 1.165) is 17.4 Å². The van der Waals surface area contributed by atoms with Crippen molar-refractivity contribution in [3.8, 4) is 5.75 Å². The van der Waals surface area contributed by atoms with Gasteiger partial charge < -0.3 is 15.4 Å². The second kappa shape index (κ2) is 9.01. The van der Waals surface area contributed by atoms with Gasteiger partial charge in [0.15, 0.2) is 5.96 Å². The number of nitrogens with zero attached hydrogens (tertiary/aromatic N) is 1.